The van der Waals surface area contributed by atoms with Gasteiger partial charge in [-0.15, -0.1) is 0 Å². The highest BCUT2D eigenvalue weighted by atomic mass is 32.2. The Kier molecular flexibility index (Phi) is 11.7. The minimum atomic E-state index is 1.17. The molecule has 0 spiro atoms. The van der Waals surface area contributed by atoms with Crippen molar-refractivity contribution >= 4 is 11.8 Å². The van der Waals surface area contributed by atoms with E-state index >= 15 is 0 Å². The zero-order chi connectivity index (χ0) is 13.8. The Hall–Kier alpha value is -0.210. The lowest BCUT2D eigenvalue weighted by Crippen LogP contribution is -2.25. The van der Waals surface area contributed by atoms with E-state index in [-0.39, 0.29) is 0 Å². The van der Waals surface area contributed by atoms with Crippen molar-refractivity contribution in [3.05, 3.63) is 23.3 Å². The third-order valence-corrected chi connectivity index (χ3v) is 3.96. The molecule has 0 aromatic rings. The summed E-state index contributed by atoms with van der Waals surface area (Å²) in [5, 5.41) is 0. The molecule has 0 atom stereocenters. The first-order valence-corrected chi connectivity index (χ1v) is 8.34. The van der Waals surface area contributed by atoms with Crippen molar-refractivity contribution in [1.29, 1.82) is 0 Å². The van der Waals surface area contributed by atoms with E-state index in [4.69, 9.17) is 0 Å². The summed E-state index contributed by atoms with van der Waals surface area (Å²) in [5.41, 5.74) is 2.96. The SMILES string of the molecule is CCN(CC)CCSC/C=C(\C)CCC=C(C)C. The molecular formula is C16H31NS. The number of nitrogens with zero attached hydrogens (tertiary/aromatic N) is 1. The van der Waals surface area contributed by atoms with Crippen molar-refractivity contribution in [3.63, 3.8) is 0 Å². The van der Waals surface area contributed by atoms with Gasteiger partial charge in [-0.1, -0.05) is 37.1 Å². The zero-order valence-electron chi connectivity index (χ0n) is 13.0. The molecule has 106 valence electrons. The fourth-order valence-electron chi connectivity index (χ4n) is 1.71. The molecule has 0 bridgehead atoms. The molecule has 0 saturated carbocycles. The van der Waals surface area contributed by atoms with E-state index in [2.05, 4.69) is 51.7 Å². The maximum Gasteiger partial charge on any atom is 0.0116 e. The highest BCUT2D eigenvalue weighted by Crippen LogP contribution is 2.09. The van der Waals surface area contributed by atoms with E-state index in [1.807, 2.05) is 11.8 Å². The molecule has 0 aliphatic rings. The Bertz CT molecular complexity index is 248. The molecular weight excluding hydrogens is 238 g/mol. The van der Waals surface area contributed by atoms with E-state index in [9.17, 15) is 0 Å². The largest absolute Gasteiger partial charge is 0.303 e. The van der Waals surface area contributed by atoms with E-state index in [0.717, 1.165) is 0 Å². The van der Waals surface area contributed by atoms with Crippen LogP contribution in [0.4, 0.5) is 0 Å². The van der Waals surface area contributed by atoms with Crippen LogP contribution in [0.2, 0.25) is 0 Å². The summed E-state index contributed by atoms with van der Waals surface area (Å²) in [6, 6.07) is 0. The number of hydrogen-bond acceptors (Lipinski definition) is 2. The summed E-state index contributed by atoms with van der Waals surface area (Å²) in [6.45, 7) is 14.6. The Morgan fingerprint density at radius 2 is 1.72 bits per heavy atom. The molecule has 0 fully saturated rings. The minimum Gasteiger partial charge on any atom is -0.303 e. The molecule has 0 heterocycles. The zero-order valence-corrected chi connectivity index (χ0v) is 13.8. The summed E-state index contributed by atoms with van der Waals surface area (Å²) in [7, 11) is 0. The fraction of sp³-hybridized carbons (Fsp3) is 0.750. The van der Waals surface area contributed by atoms with Gasteiger partial charge in [-0.3, -0.25) is 0 Å². The van der Waals surface area contributed by atoms with Gasteiger partial charge in [0.15, 0.2) is 0 Å². The lowest BCUT2D eigenvalue weighted by Gasteiger charge is -2.16. The van der Waals surface area contributed by atoms with E-state index in [1.165, 1.54) is 55.1 Å². The first-order valence-electron chi connectivity index (χ1n) is 7.19. The highest BCUT2D eigenvalue weighted by Gasteiger charge is 1.97. The van der Waals surface area contributed by atoms with Crippen LogP contribution in [-0.2, 0) is 0 Å². The van der Waals surface area contributed by atoms with Crippen molar-refractivity contribution < 1.29 is 0 Å². The van der Waals surface area contributed by atoms with Gasteiger partial charge < -0.3 is 4.90 Å². The van der Waals surface area contributed by atoms with Gasteiger partial charge in [0.1, 0.15) is 0 Å². The van der Waals surface area contributed by atoms with Crippen molar-refractivity contribution in [2.75, 3.05) is 31.1 Å². The monoisotopic (exact) mass is 269 g/mol. The molecule has 0 aromatic heterocycles. The summed E-state index contributed by atoms with van der Waals surface area (Å²) in [4.78, 5) is 2.48. The quantitative estimate of drug-likeness (QED) is 0.416. The standard InChI is InChI=1S/C16H31NS/c1-6-17(7-2)12-14-18-13-11-16(5)10-8-9-15(3)4/h9,11H,6-8,10,12-14H2,1-5H3/b16-11+. The number of allylic oxidation sites excluding steroid dienone is 3. The fourth-order valence-corrected chi connectivity index (χ4v) is 2.66. The second-order valence-electron chi connectivity index (χ2n) is 4.97. The maximum atomic E-state index is 2.48. The average Bonchev–Trinajstić information content (AvgIpc) is 2.33. The number of thioether (sulfide) groups is 1. The third kappa shape index (κ3) is 10.9. The van der Waals surface area contributed by atoms with Gasteiger partial charge in [0, 0.05) is 18.1 Å². The predicted molar refractivity (Wildman–Crippen MR) is 87.5 cm³/mol. The number of hydrogen-bond donors (Lipinski definition) is 0. The Labute approximate surface area is 119 Å². The van der Waals surface area contributed by atoms with Gasteiger partial charge in [0.05, 0.1) is 0 Å². The molecule has 0 amide bonds. The first-order chi connectivity index (χ1) is 8.60. The first kappa shape index (κ1) is 17.8. The van der Waals surface area contributed by atoms with Crippen LogP contribution < -0.4 is 0 Å². The Balaban J connectivity index is 3.59. The van der Waals surface area contributed by atoms with Crippen molar-refractivity contribution in [2.24, 2.45) is 0 Å². The van der Waals surface area contributed by atoms with E-state index < -0.39 is 0 Å². The molecule has 0 aromatic carbocycles. The lowest BCUT2D eigenvalue weighted by molar-refractivity contribution is 0.324. The van der Waals surface area contributed by atoms with Gasteiger partial charge in [0.2, 0.25) is 0 Å². The van der Waals surface area contributed by atoms with E-state index in [0.29, 0.717) is 0 Å². The number of rotatable bonds is 10. The highest BCUT2D eigenvalue weighted by molar-refractivity contribution is 7.99. The topological polar surface area (TPSA) is 3.24 Å². The smallest absolute Gasteiger partial charge is 0.0116 e. The molecule has 0 unspecified atom stereocenters. The molecule has 1 nitrogen and oxygen atoms in total. The summed E-state index contributed by atoms with van der Waals surface area (Å²) in [6.07, 6.45) is 7.12. The molecule has 0 N–H and O–H groups in total. The summed E-state index contributed by atoms with van der Waals surface area (Å²) in [5.74, 6) is 2.42. The second kappa shape index (κ2) is 11.9. The van der Waals surface area contributed by atoms with Crippen LogP contribution in [0.3, 0.4) is 0 Å². The lowest BCUT2D eigenvalue weighted by atomic mass is 10.1. The van der Waals surface area contributed by atoms with Crippen LogP contribution in [0.1, 0.15) is 47.5 Å². The molecule has 2 heteroatoms. The van der Waals surface area contributed by atoms with Crippen molar-refractivity contribution in [2.45, 2.75) is 47.5 Å². The van der Waals surface area contributed by atoms with Crippen LogP contribution in [0.5, 0.6) is 0 Å². The Morgan fingerprint density at radius 3 is 2.28 bits per heavy atom. The van der Waals surface area contributed by atoms with Gasteiger partial charge in [-0.05, 0) is 46.7 Å². The van der Waals surface area contributed by atoms with E-state index in [1.54, 1.807) is 0 Å². The van der Waals surface area contributed by atoms with Gasteiger partial charge in [-0.25, -0.2) is 0 Å². The average molecular weight is 269 g/mol. The van der Waals surface area contributed by atoms with Gasteiger partial charge in [-0.2, -0.15) is 11.8 Å². The van der Waals surface area contributed by atoms with Crippen molar-refractivity contribution in [1.82, 2.24) is 4.90 Å². The normalized spacial score (nSPS) is 12.0. The molecule has 0 rings (SSSR count). The second-order valence-corrected chi connectivity index (χ2v) is 6.12. The van der Waals surface area contributed by atoms with Crippen LogP contribution in [0, 0.1) is 0 Å². The predicted octanol–water partition coefficient (Wildman–Crippen LogP) is 4.75. The third-order valence-electron chi connectivity index (χ3n) is 3.09. The molecule has 0 radical (unpaired) electrons. The molecule has 0 aliphatic heterocycles. The van der Waals surface area contributed by atoms with Gasteiger partial charge in [0.25, 0.3) is 0 Å². The van der Waals surface area contributed by atoms with Gasteiger partial charge >= 0.3 is 0 Å². The summed E-state index contributed by atoms with van der Waals surface area (Å²) < 4.78 is 0. The van der Waals surface area contributed by atoms with Crippen LogP contribution in [0.25, 0.3) is 0 Å². The molecule has 18 heavy (non-hydrogen) atoms. The molecule has 0 saturated heterocycles. The molecule has 0 aliphatic carbocycles. The van der Waals surface area contributed by atoms with Crippen molar-refractivity contribution in [3.8, 4) is 0 Å². The minimum absolute atomic E-state index is 1.17. The van der Waals surface area contributed by atoms with Crippen LogP contribution in [-0.4, -0.2) is 36.0 Å². The van der Waals surface area contributed by atoms with Crippen LogP contribution >= 0.6 is 11.8 Å². The Morgan fingerprint density at radius 1 is 1.06 bits per heavy atom. The maximum absolute atomic E-state index is 2.48. The summed E-state index contributed by atoms with van der Waals surface area (Å²) >= 11 is 2.05. The van der Waals surface area contributed by atoms with Crippen LogP contribution in [0.15, 0.2) is 23.3 Å².